The van der Waals surface area contributed by atoms with Crippen LogP contribution in [0.25, 0.3) is 0 Å². The third-order valence-corrected chi connectivity index (χ3v) is 2.18. The summed E-state index contributed by atoms with van der Waals surface area (Å²) >= 11 is 0. The van der Waals surface area contributed by atoms with Crippen LogP contribution < -0.4 is 9.64 Å². The molecule has 6 heteroatoms. The molecule has 0 amide bonds. The van der Waals surface area contributed by atoms with Gasteiger partial charge in [0.25, 0.3) is 0 Å². The Hall–Kier alpha value is -2.11. The summed E-state index contributed by atoms with van der Waals surface area (Å²) in [6.45, 7) is 2.29. The van der Waals surface area contributed by atoms with E-state index in [2.05, 4.69) is 20.2 Å². The lowest BCUT2D eigenvalue weighted by Gasteiger charge is -2.04. The second-order valence-electron chi connectivity index (χ2n) is 3.90. The van der Waals surface area contributed by atoms with E-state index in [0.29, 0.717) is 18.4 Å². The molecule has 0 aromatic carbocycles. The molecule has 0 aliphatic rings. The molecule has 0 unspecified atom stereocenters. The number of hydrogen-bond donors (Lipinski definition) is 1. The second kappa shape index (κ2) is 4.82. The Bertz CT molecular complexity index is 477. The van der Waals surface area contributed by atoms with Gasteiger partial charge in [0, 0.05) is 19.8 Å². The summed E-state index contributed by atoms with van der Waals surface area (Å²) in [4.78, 5) is 10.2. The normalized spacial score (nSPS) is 10.3. The zero-order chi connectivity index (χ0) is 12.3. The van der Waals surface area contributed by atoms with Crippen molar-refractivity contribution in [2.24, 2.45) is 0 Å². The van der Waals surface area contributed by atoms with Crippen molar-refractivity contribution in [2.75, 3.05) is 19.0 Å². The molecule has 0 aliphatic heterocycles. The van der Waals surface area contributed by atoms with Gasteiger partial charge in [0.2, 0.25) is 5.95 Å². The van der Waals surface area contributed by atoms with Crippen molar-refractivity contribution in [3.8, 4) is 5.75 Å². The van der Waals surface area contributed by atoms with Crippen molar-refractivity contribution >= 4 is 5.95 Å². The van der Waals surface area contributed by atoms with Crippen LogP contribution >= 0.6 is 0 Å². The van der Waals surface area contributed by atoms with E-state index in [1.807, 2.05) is 38.1 Å². The molecule has 17 heavy (non-hydrogen) atoms. The summed E-state index contributed by atoms with van der Waals surface area (Å²) in [7, 11) is 3.77. The second-order valence-corrected chi connectivity index (χ2v) is 3.90. The summed E-state index contributed by atoms with van der Waals surface area (Å²) in [5, 5.41) is 6.86. The van der Waals surface area contributed by atoms with Crippen LogP contribution in [0.3, 0.4) is 0 Å². The van der Waals surface area contributed by atoms with E-state index in [4.69, 9.17) is 4.74 Å². The van der Waals surface area contributed by atoms with Crippen LogP contribution in [0.5, 0.6) is 5.75 Å². The van der Waals surface area contributed by atoms with Gasteiger partial charge in [0.1, 0.15) is 12.4 Å². The first kappa shape index (κ1) is 11.4. The summed E-state index contributed by atoms with van der Waals surface area (Å²) in [5.41, 5.74) is 0.965. The van der Waals surface area contributed by atoms with Gasteiger partial charge in [-0.1, -0.05) is 0 Å². The van der Waals surface area contributed by atoms with E-state index >= 15 is 0 Å². The van der Waals surface area contributed by atoms with Crippen LogP contribution in [-0.2, 0) is 6.61 Å². The van der Waals surface area contributed by atoms with E-state index in [-0.39, 0.29) is 0 Å². The van der Waals surface area contributed by atoms with Gasteiger partial charge in [0.05, 0.1) is 6.20 Å². The fraction of sp³-hybridized carbons (Fsp3) is 0.364. The van der Waals surface area contributed by atoms with E-state index in [1.165, 1.54) is 0 Å². The summed E-state index contributed by atoms with van der Waals surface area (Å²) in [6, 6.07) is 3.78. The molecule has 2 rings (SSSR count). The molecule has 2 heterocycles. The minimum absolute atomic E-state index is 0.353. The molecule has 90 valence electrons. The third-order valence-electron chi connectivity index (χ3n) is 2.18. The zero-order valence-electron chi connectivity index (χ0n) is 10.1. The molecule has 0 fully saturated rings. The fourth-order valence-electron chi connectivity index (χ4n) is 1.24. The Morgan fingerprint density at radius 1 is 1.35 bits per heavy atom. The maximum atomic E-state index is 5.53. The number of pyridine rings is 1. The number of aromatic nitrogens is 4. The third kappa shape index (κ3) is 2.93. The largest absolute Gasteiger partial charge is 0.484 e. The number of aryl methyl sites for hydroxylation is 1. The average Bonchev–Trinajstić information content (AvgIpc) is 2.77. The number of H-pyrrole nitrogens is 1. The lowest BCUT2D eigenvalue weighted by Crippen LogP contribution is -2.10. The number of rotatable bonds is 4. The van der Waals surface area contributed by atoms with E-state index in [9.17, 15) is 0 Å². The topological polar surface area (TPSA) is 66.9 Å². The first-order chi connectivity index (χ1) is 8.15. The quantitative estimate of drug-likeness (QED) is 0.858. The Morgan fingerprint density at radius 2 is 2.18 bits per heavy atom. The molecule has 6 nitrogen and oxygen atoms in total. The molecule has 2 aromatic rings. The van der Waals surface area contributed by atoms with Gasteiger partial charge in [-0.2, -0.15) is 4.98 Å². The van der Waals surface area contributed by atoms with Crippen LogP contribution in [0.15, 0.2) is 18.3 Å². The van der Waals surface area contributed by atoms with E-state index in [1.54, 1.807) is 6.20 Å². The number of ether oxygens (including phenoxy) is 1. The first-order valence-electron chi connectivity index (χ1n) is 5.29. The molecule has 0 atom stereocenters. The first-order valence-corrected chi connectivity index (χ1v) is 5.29. The molecule has 0 spiro atoms. The van der Waals surface area contributed by atoms with Gasteiger partial charge in [0.15, 0.2) is 5.82 Å². The zero-order valence-corrected chi connectivity index (χ0v) is 10.1. The maximum absolute atomic E-state index is 5.53. The van der Waals surface area contributed by atoms with Crippen molar-refractivity contribution in [3.05, 3.63) is 29.8 Å². The van der Waals surface area contributed by atoms with Gasteiger partial charge in [-0.15, -0.1) is 5.10 Å². The van der Waals surface area contributed by atoms with Crippen molar-refractivity contribution in [3.63, 3.8) is 0 Å². The average molecular weight is 233 g/mol. The number of nitrogens with one attached hydrogen (secondary N) is 1. The minimum atomic E-state index is 0.353. The maximum Gasteiger partial charge on any atom is 0.244 e. The SMILES string of the molecule is Cc1ccc(OCc2nc(N(C)C)n[nH]2)cn1. The van der Waals surface area contributed by atoms with Crippen LogP contribution in [-0.4, -0.2) is 34.3 Å². The van der Waals surface area contributed by atoms with Gasteiger partial charge in [-0.25, -0.2) is 0 Å². The molecule has 0 aliphatic carbocycles. The highest BCUT2D eigenvalue weighted by atomic mass is 16.5. The van der Waals surface area contributed by atoms with E-state index < -0.39 is 0 Å². The number of hydrogen-bond acceptors (Lipinski definition) is 5. The van der Waals surface area contributed by atoms with Gasteiger partial charge >= 0.3 is 0 Å². The summed E-state index contributed by atoms with van der Waals surface area (Å²) in [5.74, 6) is 2.05. The van der Waals surface area contributed by atoms with Crippen molar-refractivity contribution in [2.45, 2.75) is 13.5 Å². The van der Waals surface area contributed by atoms with Crippen LogP contribution in [0, 0.1) is 6.92 Å². The van der Waals surface area contributed by atoms with Crippen LogP contribution in [0.2, 0.25) is 0 Å². The number of aromatic amines is 1. The van der Waals surface area contributed by atoms with Crippen molar-refractivity contribution < 1.29 is 4.74 Å². The fourth-order valence-corrected chi connectivity index (χ4v) is 1.24. The Balaban J connectivity index is 1.95. The Labute approximate surface area is 99.7 Å². The lowest BCUT2D eigenvalue weighted by atomic mass is 10.4. The van der Waals surface area contributed by atoms with Crippen molar-refractivity contribution in [1.82, 2.24) is 20.2 Å². The summed E-state index contributed by atoms with van der Waals surface area (Å²) in [6.07, 6.45) is 1.69. The molecule has 0 saturated carbocycles. The molecule has 2 aromatic heterocycles. The highest BCUT2D eigenvalue weighted by Crippen LogP contribution is 2.11. The standard InChI is InChI=1S/C11H15N5O/c1-8-4-5-9(6-12-8)17-7-10-13-11(15-14-10)16(2)3/h4-6H,7H2,1-3H3,(H,13,14,15). The van der Waals surface area contributed by atoms with Crippen LogP contribution in [0.1, 0.15) is 11.5 Å². The highest BCUT2D eigenvalue weighted by molar-refractivity contribution is 5.25. The highest BCUT2D eigenvalue weighted by Gasteiger charge is 2.05. The molecular weight excluding hydrogens is 218 g/mol. The smallest absolute Gasteiger partial charge is 0.244 e. The van der Waals surface area contributed by atoms with Crippen molar-refractivity contribution in [1.29, 1.82) is 0 Å². The monoisotopic (exact) mass is 233 g/mol. The van der Waals surface area contributed by atoms with E-state index in [0.717, 1.165) is 11.4 Å². The Kier molecular flexibility index (Phi) is 3.22. The summed E-state index contributed by atoms with van der Waals surface area (Å²) < 4.78 is 5.53. The number of anilines is 1. The van der Waals surface area contributed by atoms with Gasteiger partial charge < -0.3 is 9.64 Å². The number of nitrogens with zero attached hydrogens (tertiary/aromatic N) is 4. The molecule has 1 N–H and O–H groups in total. The predicted octanol–water partition coefficient (Wildman–Crippen LogP) is 1.15. The molecule has 0 saturated heterocycles. The molecule has 0 bridgehead atoms. The predicted molar refractivity (Wildman–Crippen MR) is 64.0 cm³/mol. The van der Waals surface area contributed by atoms with Gasteiger partial charge in [-0.05, 0) is 19.1 Å². The van der Waals surface area contributed by atoms with Gasteiger partial charge in [-0.3, -0.25) is 10.1 Å². The Morgan fingerprint density at radius 3 is 2.76 bits per heavy atom. The molecular formula is C11H15N5O. The molecule has 0 radical (unpaired) electrons. The lowest BCUT2D eigenvalue weighted by molar-refractivity contribution is 0.295. The minimum Gasteiger partial charge on any atom is -0.484 e. The van der Waals surface area contributed by atoms with Crippen LogP contribution in [0.4, 0.5) is 5.95 Å².